The zero-order valence-corrected chi connectivity index (χ0v) is 14.7. The highest BCUT2D eigenvalue weighted by Crippen LogP contribution is 2.32. The predicted molar refractivity (Wildman–Crippen MR) is 96.3 cm³/mol. The third-order valence-electron chi connectivity index (χ3n) is 4.88. The summed E-state index contributed by atoms with van der Waals surface area (Å²) < 4.78 is 5.44. The van der Waals surface area contributed by atoms with Gasteiger partial charge in [-0.15, -0.1) is 11.3 Å². The number of H-pyrrole nitrogens is 1. The molecule has 2 atom stereocenters. The van der Waals surface area contributed by atoms with E-state index in [9.17, 15) is 4.79 Å². The molecule has 24 heavy (non-hydrogen) atoms. The van der Waals surface area contributed by atoms with Gasteiger partial charge in [0.1, 0.15) is 16.4 Å². The van der Waals surface area contributed by atoms with Crippen molar-refractivity contribution in [1.29, 1.82) is 0 Å². The van der Waals surface area contributed by atoms with E-state index in [1.165, 1.54) is 24.2 Å². The second-order valence-corrected chi connectivity index (χ2v) is 7.53. The number of nitrogens with one attached hydrogen (secondary N) is 1. The summed E-state index contributed by atoms with van der Waals surface area (Å²) in [5, 5.41) is 2.57. The molecule has 5 nitrogen and oxygen atoms in total. The van der Waals surface area contributed by atoms with Crippen LogP contribution in [-0.4, -0.2) is 28.0 Å². The summed E-state index contributed by atoms with van der Waals surface area (Å²) in [6.07, 6.45) is 4.11. The monoisotopic (exact) mass is 343 g/mol. The van der Waals surface area contributed by atoms with E-state index in [1.807, 2.05) is 17.5 Å². The second-order valence-electron chi connectivity index (χ2n) is 6.68. The van der Waals surface area contributed by atoms with Crippen LogP contribution >= 0.6 is 11.3 Å². The van der Waals surface area contributed by atoms with Gasteiger partial charge in [0.25, 0.3) is 5.56 Å². The fraction of sp³-hybridized carbons (Fsp3) is 0.444. The number of piperidine rings is 1. The highest BCUT2D eigenvalue weighted by molar-refractivity contribution is 7.17. The Bertz CT molecular complexity index is 897. The fourth-order valence-corrected chi connectivity index (χ4v) is 4.46. The number of rotatable bonds is 3. The smallest absolute Gasteiger partial charge is 0.260 e. The number of aromatic amines is 1. The number of hydrogen-bond acceptors (Lipinski definition) is 5. The summed E-state index contributed by atoms with van der Waals surface area (Å²) in [6.45, 7) is 6.54. The summed E-state index contributed by atoms with van der Waals surface area (Å²) in [6, 6.07) is 3.82. The van der Waals surface area contributed by atoms with Crippen LogP contribution in [0.25, 0.3) is 21.5 Å². The number of furan rings is 1. The van der Waals surface area contributed by atoms with E-state index in [-0.39, 0.29) is 11.6 Å². The molecule has 1 saturated heterocycles. The molecule has 3 aromatic heterocycles. The molecule has 4 heterocycles. The van der Waals surface area contributed by atoms with E-state index in [0.29, 0.717) is 17.1 Å². The summed E-state index contributed by atoms with van der Waals surface area (Å²) in [5.74, 6) is 2.16. The van der Waals surface area contributed by atoms with Crippen molar-refractivity contribution in [3.63, 3.8) is 0 Å². The van der Waals surface area contributed by atoms with Gasteiger partial charge in [-0.3, -0.25) is 9.69 Å². The third-order valence-corrected chi connectivity index (χ3v) is 5.75. The van der Waals surface area contributed by atoms with Crippen molar-refractivity contribution in [2.24, 2.45) is 5.92 Å². The SMILES string of the molecule is CC1CCCN(C(C)c2nc3scc(-c4ccco4)c3c(=O)[nH]2)C1. The van der Waals surface area contributed by atoms with Crippen LogP contribution < -0.4 is 5.56 Å². The van der Waals surface area contributed by atoms with Crippen LogP contribution in [0.3, 0.4) is 0 Å². The molecule has 1 aliphatic rings. The van der Waals surface area contributed by atoms with E-state index in [2.05, 4.69) is 23.7 Å². The molecule has 1 N–H and O–H groups in total. The van der Waals surface area contributed by atoms with Crippen molar-refractivity contribution < 1.29 is 4.42 Å². The standard InChI is InChI=1S/C18H21N3O2S/c1-11-5-3-7-21(9-11)12(2)16-19-17(22)15-13(10-24-18(15)20-16)14-6-4-8-23-14/h4,6,8,10-12H,3,5,7,9H2,1-2H3,(H,19,20,22). The lowest BCUT2D eigenvalue weighted by Gasteiger charge is -2.34. The van der Waals surface area contributed by atoms with Crippen LogP contribution in [0.2, 0.25) is 0 Å². The van der Waals surface area contributed by atoms with Gasteiger partial charge in [0.15, 0.2) is 0 Å². The van der Waals surface area contributed by atoms with Crippen molar-refractivity contribution in [3.05, 3.63) is 40.0 Å². The summed E-state index contributed by atoms with van der Waals surface area (Å²) >= 11 is 1.50. The molecule has 0 amide bonds. The highest BCUT2D eigenvalue weighted by atomic mass is 32.1. The van der Waals surface area contributed by atoms with Gasteiger partial charge in [0.05, 0.1) is 17.7 Å². The number of aromatic nitrogens is 2. The number of likely N-dealkylation sites (tertiary alicyclic amines) is 1. The summed E-state index contributed by atoms with van der Waals surface area (Å²) in [7, 11) is 0. The lowest BCUT2D eigenvalue weighted by Crippen LogP contribution is -2.37. The van der Waals surface area contributed by atoms with Crippen LogP contribution in [0.5, 0.6) is 0 Å². The van der Waals surface area contributed by atoms with Crippen molar-refractivity contribution in [3.8, 4) is 11.3 Å². The van der Waals surface area contributed by atoms with Crippen LogP contribution in [0.1, 0.15) is 38.6 Å². The van der Waals surface area contributed by atoms with E-state index in [0.717, 1.165) is 29.3 Å². The lowest BCUT2D eigenvalue weighted by molar-refractivity contribution is 0.134. The molecule has 0 radical (unpaired) electrons. The first kappa shape index (κ1) is 15.6. The van der Waals surface area contributed by atoms with Gasteiger partial charge in [0.2, 0.25) is 0 Å². The third kappa shape index (κ3) is 2.70. The minimum Gasteiger partial charge on any atom is -0.464 e. The Hall–Kier alpha value is -1.92. The first-order chi connectivity index (χ1) is 11.6. The van der Waals surface area contributed by atoms with Crippen LogP contribution in [-0.2, 0) is 0 Å². The van der Waals surface area contributed by atoms with Crippen LogP contribution in [0, 0.1) is 5.92 Å². The number of thiophene rings is 1. The maximum absolute atomic E-state index is 12.7. The number of hydrogen-bond donors (Lipinski definition) is 1. The van der Waals surface area contributed by atoms with Gasteiger partial charge in [-0.25, -0.2) is 4.98 Å². The van der Waals surface area contributed by atoms with Crippen LogP contribution in [0.15, 0.2) is 33.0 Å². The first-order valence-corrected chi connectivity index (χ1v) is 9.31. The van der Waals surface area contributed by atoms with Gasteiger partial charge < -0.3 is 9.40 Å². The molecular weight excluding hydrogens is 322 g/mol. The Labute approximate surface area is 144 Å². The maximum atomic E-state index is 12.7. The van der Waals surface area contributed by atoms with E-state index >= 15 is 0 Å². The summed E-state index contributed by atoms with van der Waals surface area (Å²) in [5.41, 5.74) is 0.735. The van der Waals surface area contributed by atoms with Crippen LogP contribution in [0.4, 0.5) is 0 Å². The predicted octanol–water partition coefficient (Wildman–Crippen LogP) is 4.04. The fourth-order valence-electron chi connectivity index (χ4n) is 3.53. The van der Waals surface area contributed by atoms with Gasteiger partial charge in [-0.2, -0.15) is 0 Å². The largest absolute Gasteiger partial charge is 0.464 e. The number of nitrogens with zero attached hydrogens (tertiary/aromatic N) is 2. The minimum atomic E-state index is -0.0837. The highest BCUT2D eigenvalue weighted by Gasteiger charge is 2.24. The molecule has 0 bridgehead atoms. The Balaban J connectivity index is 1.72. The van der Waals surface area contributed by atoms with Gasteiger partial charge in [0, 0.05) is 17.5 Å². The van der Waals surface area contributed by atoms with Crippen molar-refractivity contribution in [2.75, 3.05) is 13.1 Å². The second kappa shape index (κ2) is 6.18. The average Bonchev–Trinajstić information content (AvgIpc) is 3.23. The lowest BCUT2D eigenvalue weighted by atomic mass is 9.99. The molecule has 0 aromatic carbocycles. The molecule has 0 aliphatic carbocycles. The number of fused-ring (bicyclic) bond motifs is 1. The van der Waals surface area contributed by atoms with E-state index < -0.39 is 0 Å². The zero-order valence-electron chi connectivity index (χ0n) is 13.9. The Kier molecular flexibility index (Phi) is 4.02. The van der Waals surface area contributed by atoms with Crippen molar-refractivity contribution in [1.82, 2.24) is 14.9 Å². The van der Waals surface area contributed by atoms with E-state index in [1.54, 1.807) is 6.26 Å². The normalized spacial score (nSPS) is 20.5. The Morgan fingerprint density at radius 2 is 2.38 bits per heavy atom. The molecule has 4 rings (SSSR count). The topological polar surface area (TPSA) is 62.1 Å². The Morgan fingerprint density at radius 3 is 3.12 bits per heavy atom. The van der Waals surface area contributed by atoms with Crippen molar-refractivity contribution in [2.45, 2.75) is 32.7 Å². The minimum absolute atomic E-state index is 0.0837. The molecule has 2 unspecified atom stereocenters. The first-order valence-electron chi connectivity index (χ1n) is 8.43. The molecule has 0 spiro atoms. The molecule has 0 saturated carbocycles. The zero-order chi connectivity index (χ0) is 16.7. The molecular formula is C18H21N3O2S. The van der Waals surface area contributed by atoms with Crippen molar-refractivity contribution >= 4 is 21.6 Å². The molecule has 1 fully saturated rings. The van der Waals surface area contributed by atoms with E-state index in [4.69, 9.17) is 9.40 Å². The maximum Gasteiger partial charge on any atom is 0.260 e. The Morgan fingerprint density at radius 1 is 1.50 bits per heavy atom. The molecule has 126 valence electrons. The van der Waals surface area contributed by atoms with Gasteiger partial charge in [-0.1, -0.05) is 6.92 Å². The molecule has 6 heteroatoms. The molecule has 3 aromatic rings. The quantitative estimate of drug-likeness (QED) is 0.780. The summed E-state index contributed by atoms with van der Waals surface area (Å²) in [4.78, 5) is 23.6. The average molecular weight is 343 g/mol. The van der Waals surface area contributed by atoms with Gasteiger partial charge >= 0.3 is 0 Å². The van der Waals surface area contributed by atoms with Gasteiger partial charge in [-0.05, 0) is 44.4 Å². The molecule has 1 aliphatic heterocycles.